The first-order valence-electron chi connectivity index (χ1n) is 47.6. The van der Waals surface area contributed by atoms with Gasteiger partial charge in [-0.3, -0.25) is 47.3 Å². The van der Waals surface area contributed by atoms with E-state index in [2.05, 4.69) is 148 Å². The number of H-pyrrole nitrogens is 1. The minimum absolute atomic E-state index is 0.0766. The summed E-state index contributed by atoms with van der Waals surface area (Å²) in [5.41, 5.74) is 28.1. The molecule has 696 valence electrons. The van der Waals surface area contributed by atoms with E-state index in [1.54, 1.807) is 37.1 Å². The van der Waals surface area contributed by atoms with Crippen LogP contribution in [0.25, 0.3) is 44.9 Å². The van der Waals surface area contributed by atoms with Crippen molar-refractivity contribution >= 4 is 69.6 Å². The smallest absolute Gasteiger partial charge is 0.219 e. The second kappa shape index (κ2) is 36.4. The van der Waals surface area contributed by atoms with Crippen molar-refractivity contribution in [1.29, 1.82) is 5.26 Å². The number of ether oxygens (including phenoxy) is 4. The van der Waals surface area contributed by atoms with Crippen LogP contribution in [0.4, 0.5) is 46.0 Å². The summed E-state index contributed by atoms with van der Waals surface area (Å²) in [6.07, 6.45) is 21.0. The number of fused-ring (bicyclic) bond motifs is 8. The first-order valence-corrected chi connectivity index (χ1v) is 47.6. The van der Waals surface area contributed by atoms with Gasteiger partial charge in [0, 0.05) is 260 Å². The Morgan fingerprint density at radius 1 is 0.455 bits per heavy atom. The zero-order valence-electron chi connectivity index (χ0n) is 78.0. The molecule has 24 rings (SSSR count). The number of rotatable bonds is 13. The first-order chi connectivity index (χ1) is 65.1. The molecule has 2 atom stereocenters. The molecule has 4 fully saturated rings. The molecule has 0 aliphatic carbocycles. The largest absolute Gasteiger partial charge is 0.396 e. The lowest BCUT2D eigenvalue weighted by atomic mass is 9.88. The molecular weight excluding hydrogens is 1700 g/mol. The lowest BCUT2D eigenvalue weighted by Crippen LogP contribution is -2.37. The highest BCUT2D eigenvalue weighted by Gasteiger charge is 2.42. The van der Waals surface area contributed by atoms with Gasteiger partial charge in [0.25, 0.3) is 0 Å². The summed E-state index contributed by atoms with van der Waals surface area (Å²) in [6.45, 7) is 25.3. The minimum Gasteiger partial charge on any atom is -0.396 e. The number of aryl methyl sites for hydroxylation is 8. The molecule has 20 heterocycles. The maximum absolute atomic E-state index is 12.2. The number of benzene rings is 4. The number of aromatic nitrogens is 16. The van der Waals surface area contributed by atoms with E-state index in [0.29, 0.717) is 90.2 Å². The summed E-state index contributed by atoms with van der Waals surface area (Å²) in [6, 6.07) is 29.4. The summed E-state index contributed by atoms with van der Waals surface area (Å²) in [7, 11) is 5.78. The molecule has 8 aromatic heterocycles. The van der Waals surface area contributed by atoms with E-state index in [9.17, 15) is 29.5 Å². The van der Waals surface area contributed by atoms with Crippen LogP contribution in [0.15, 0.2) is 104 Å². The monoisotopic (exact) mass is 1810 g/mol. The molecule has 134 heavy (non-hydrogen) atoms. The SMILES string of the molecule is CC(=O)N1CCc2c(c(N3CCC(CO)c4cc(-c5cnn(C)c5)ccc43)nn2[C@H]2CCOC2)C1.CC(=O)N1CCc2c(c(N3CCCc4cc(-c5cn(C)c(C)n5)ccc43)nn2C2COC2)C1.CC(=O)N1CCc2c(c(N3CCCc4cc(-c5cn(C)nc5C#N)ccc43)nn2C2COC2)C1.CC(=O)N1CCc2c(c(N3CCCc4cc(-c5ncc(C)[nH]5)ccc43)nn2C2COC2)C1. The normalized spacial score (nSPS) is 19.0. The Balaban J connectivity index is 0.000000107. The fraction of sp³-hybridized carbons (Fsp3) is 0.470. The summed E-state index contributed by atoms with van der Waals surface area (Å²) in [5, 5.41) is 48.8. The lowest BCUT2D eigenvalue weighted by molar-refractivity contribution is -0.130. The van der Waals surface area contributed by atoms with Crippen LogP contribution in [0, 0.1) is 25.2 Å². The maximum Gasteiger partial charge on any atom is 0.219 e. The highest BCUT2D eigenvalue weighted by Crippen LogP contribution is 2.48. The number of imidazole rings is 2. The Kier molecular flexibility index (Phi) is 23.8. The zero-order valence-corrected chi connectivity index (χ0v) is 78.0. The van der Waals surface area contributed by atoms with Gasteiger partial charge in [-0.15, -0.1) is 0 Å². The minimum atomic E-state index is 0.0766. The van der Waals surface area contributed by atoms with Crippen molar-refractivity contribution in [1.82, 2.24) is 97.8 Å². The van der Waals surface area contributed by atoms with Crippen LogP contribution >= 0.6 is 0 Å². The number of aliphatic hydroxyl groups is 1. The first kappa shape index (κ1) is 87.6. The molecule has 12 aliphatic rings. The molecule has 0 radical (unpaired) electrons. The number of amides is 4. The third kappa shape index (κ3) is 16.5. The predicted molar refractivity (Wildman–Crippen MR) is 504 cm³/mol. The van der Waals surface area contributed by atoms with Gasteiger partial charge >= 0.3 is 0 Å². The van der Waals surface area contributed by atoms with Crippen molar-refractivity contribution in [2.75, 3.05) is 131 Å². The van der Waals surface area contributed by atoms with Crippen LogP contribution < -0.4 is 19.6 Å². The molecule has 0 spiro atoms. The standard InChI is InChI=1S/C26H32N6O3.C25H27N7O2.C25H30N6O2.C24H28N6O2/c1-17(34)30-8-6-25-23(14-30)26(28-32(25)21-7-10-35-16-21)31-9-5-19(15-33)22-11-18(3-4-24(22)31)20-12-27-29(2)13-20;1-16(33)30-9-7-24-21(13-30)25(28-32(24)19-14-34-15-19)31-8-3-4-18-10-17(5-6-23(18)31)20-12-29(2)27-22(20)11-26;1-16-26-22(13-28(16)3)18-6-7-23-19(11-18)5-4-9-30(23)25-21-12-29(17(2)32)10-8-24(21)31(27-25)20-14-33-15-20;1-15-11-25-23(26-15)18-5-6-21-17(10-18)4-3-8-29(21)24-20-12-28(16(2)31)9-7-22(20)30(27-24)19-13-32-14-19/h3-4,11-13,19,21,33H,5-10,14-16H2,1-2H3;5-6,10,12,19H,3-4,7-9,13-15H2,1-2H3;6-7,11,13,20H,4-5,8-10,12,14-15H2,1-3H3;5-6,10-11,19H,3-4,7-9,12-14H2,1-2H3,(H,25,26)/t19?,21-;;;/m0.../s1. The Morgan fingerprint density at radius 2 is 0.888 bits per heavy atom. The molecule has 34 nitrogen and oxygen atoms in total. The number of nitrogens with zero attached hydrogens (tertiary/aromatic N) is 24. The van der Waals surface area contributed by atoms with Gasteiger partial charge in [-0.1, -0.05) is 18.2 Å². The van der Waals surface area contributed by atoms with Gasteiger partial charge in [-0.25, -0.2) is 9.97 Å². The van der Waals surface area contributed by atoms with Gasteiger partial charge in [0.15, 0.2) is 29.0 Å². The van der Waals surface area contributed by atoms with Crippen molar-refractivity contribution < 1.29 is 43.2 Å². The number of nitriles is 1. The van der Waals surface area contributed by atoms with Gasteiger partial charge in [0.05, 0.1) is 115 Å². The molecule has 12 aromatic rings. The Morgan fingerprint density at radius 3 is 1.29 bits per heavy atom. The molecule has 34 heteroatoms. The fourth-order valence-corrected chi connectivity index (χ4v) is 21.5. The van der Waals surface area contributed by atoms with E-state index in [1.165, 1.54) is 62.0 Å². The molecular formula is C100H117N25O9. The number of aromatic amines is 1. The lowest BCUT2D eigenvalue weighted by Gasteiger charge is -2.35. The number of carbonyl (C=O) groups excluding carboxylic acids is 4. The third-order valence-corrected chi connectivity index (χ3v) is 29.2. The van der Waals surface area contributed by atoms with Crippen LogP contribution in [0.1, 0.15) is 174 Å². The molecule has 4 aromatic carbocycles. The van der Waals surface area contributed by atoms with Crippen molar-refractivity contribution in [2.24, 2.45) is 21.1 Å². The van der Waals surface area contributed by atoms with Gasteiger partial charge < -0.3 is 72.8 Å². The number of carbonyl (C=O) groups is 4. The summed E-state index contributed by atoms with van der Waals surface area (Å²) >= 11 is 0. The fourth-order valence-electron chi connectivity index (χ4n) is 21.5. The number of aliphatic hydroxyl groups excluding tert-OH is 1. The molecule has 2 N–H and O–H groups in total. The summed E-state index contributed by atoms with van der Waals surface area (Å²) in [5.74, 6) is 6.34. The number of hydrogen-bond donors (Lipinski definition) is 2. The van der Waals surface area contributed by atoms with Crippen molar-refractivity contribution in [3.63, 3.8) is 0 Å². The van der Waals surface area contributed by atoms with E-state index < -0.39 is 0 Å². The van der Waals surface area contributed by atoms with E-state index in [4.69, 9.17) is 44.3 Å². The molecule has 4 amide bonds. The van der Waals surface area contributed by atoms with E-state index in [0.717, 1.165) is 244 Å². The van der Waals surface area contributed by atoms with E-state index >= 15 is 0 Å². The quantitative estimate of drug-likeness (QED) is 0.108. The second-order valence-electron chi connectivity index (χ2n) is 37.8. The van der Waals surface area contributed by atoms with Gasteiger partial charge in [0.2, 0.25) is 23.6 Å². The summed E-state index contributed by atoms with van der Waals surface area (Å²) < 4.78 is 36.3. The van der Waals surface area contributed by atoms with Crippen molar-refractivity contribution in [3.05, 3.63) is 188 Å². The average molecular weight is 1810 g/mol. The molecule has 0 saturated carbocycles. The Bertz CT molecular complexity index is 6550. The second-order valence-corrected chi connectivity index (χ2v) is 37.8. The van der Waals surface area contributed by atoms with Crippen LogP contribution in [-0.2, 0) is 130 Å². The molecule has 1 unspecified atom stereocenters. The highest BCUT2D eigenvalue weighted by molar-refractivity contribution is 5.82. The zero-order chi connectivity index (χ0) is 92.0. The highest BCUT2D eigenvalue weighted by atomic mass is 16.5. The predicted octanol–water partition coefficient (Wildman–Crippen LogP) is 11.8. The van der Waals surface area contributed by atoms with Crippen LogP contribution in [-0.4, -0.2) is 238 Å². The van der Waals surface area contributed by atoms with Gasteiger partial charge in [-0.2, -0.15) is 35.9 Å². The van der Waals surface area contributed by atoms with Crippen LogP contribution in [0.2, 0.25) is 0 Å². The molecule has 0 bridgehead atoms. The summed E-state index contributed by atoms with van der Waals surface area (Å²) in [4.78, 5) is 78.3. The molecule has 4 saturated heterocycles. The Hall–Kier alpha value is -13.1. The van der Waals surface area contributed by atoms with Crippen LogP contribution in [0.5, 0.6) is 0 Å². The van der Waals surface area contributed by atoms with Gasteiger partial charge in [0.1, 0.15) is 17.7 Å². The van der Waals surface area contributed by atoms with Crippen LogP contribution in [0.3, 0.4) is 0 Å². The number of hydrogen-bond acceptors (Lipinski definition) is 22. The number of nitrogens with one attached hydrogen (secondary N) is 1. The Labute approximate surface area is 778 Å². The van der Waals surface area contributed by atoms with E-state index in [1.807, 2.05) is 79.4 Å². The topological polar surface area (TPSA) is 329 Å². The van der Waals surface area contributed by atoms with Crippen molar-refractivity contribution in [2.45, 2.75) is 175 Å². The van der Waals surface area contributed by atoms with Gasteiger partial charge in [-0.05, 0) is 153 Å². The third-order valence-electron chi connectivity index (χ3n) is 29.2. The molecule has 12 aliphatic heterocycles. The average Bonchev–Trinajstić information content (AvgIpc) is 1.60. The van der Waals surface area contributed by atoms with E-state index in [-0.39, 0.29) is 48.2 Å². The number of anilines is 8. The van der Waals surface area contributed by atoms with Crippen molar-refractivity contribution in [3.8, 4) is 51.0 Å². The maximum atomic E-state index is 12.2.